The normalized spacial score (nSPS) is 13.0. The van der Waals surface area contributed by atoms with E-state index >= 15 is 0 Å². The minimum Gasteiger partial charge on any atom is -0.462 e. The molecule has 0 saturated heterocycles. The molecule has 0 amide bonds. The Morgan fingerprint density at radius 2 is 0.672 bits per heavy atom. The van der Waals surface area contributed by atoms with E-state index in [1.807, 2.05) is 60.8 Å². The molecule has 1 unspecified atom stereocenters. The van der Waals surface area contributed by atoms with Crippen LogP contribution in [0.4, 0.5) is 0 Å². The molecule has 0 rings (SSSR count). The lowest BCUT2D eigenvalue weighted by Gasteiger charge is -2.18. The third-order valence-electron chi connectivity index (χ3n) is 9.92. The van der Waals surface area contributed by atoms with Crippen LogP contribution in [0.25, 0.3) is 0 Å². The maximum absolute atomic E-state index is 12.8. The van der Waals surface area contributed by atoms with Gasteiger partial charge in [0.25, 0.3) is 0 Å². The zero-order chi connectivity index (χ0) is 44.4. The van der Waals surface area contributed by atoms with Gasteiger partial charge >= 0.3 is 17.9 Å². The summed E-state index contributed by atoms with van der Waals surface area (Å²) in [6.07, 6.45) is 65.0. The second-order valence-corrected chi connectivity index (χ2v) is 15.8. The summed E-state index contributed by atoms with van der Waals surface area (Å²) in [5.41, 5.74) is 0. The van der Waals surface area contributed by atoms with Crippen molar-refractivity contribution in [3.05, 3.63) is 109 Å². The highest BCUT2D eigenvalue weighted by atomic mass is 16.6. The zero-order valence-electron chi connectivity index (χ0n) is 39.1. The smallest absolute Gasteiger partial charge is 0.306 e. The molecule has 344 valence electrons. The molecule has 0 aromatic carbocycles. The molecular weight excluding hydrogens is 757 g/mol. The topological polar surface area (TPSA) is 78.9 Å². The van der Waals surface area contributed by atoms with Crippen LogP contribution in [0.1, 0.15) is 201 Å². The summed E-state index contributed by atoms with van der Waals surface area (Å²) in [5, 5.41) is 0. The molecule has 0 aromatic heterocycles. The highest BCUT2D eigenvalue weighted by Crippen LogP contribution is 2.12. The average Bonchev–Trinajstić information content (AvgIpc) is 3.26. The fraction of sp³-hybridized carbons (Fsp3) is 0.618. The first kappa shape index (κ1) is 57.1. The lowest BCUT2D eigenvalue weighted by molar-refractivity contribution is -0.167. The molecule has 1 atom stereocenters. The molecule has 0 fully saturated rings. The summed E-state index contributed by atoms with van der Waals surface area (Å²) in [6, 6.07) is 0. The molecule has 61 heavy (non-hydrogen) atoms. The Morgan fingerprint density at radius 1 is 0.344 bits per heavy atom. The van der Waals surface area contributed by atoms with E-state index in [2.05, 4.69) is 69.4 Å². The molecular formula is C55H88O6. The van der Waals surface area contributed by atoms with Gasteiger partial charge in [-0.15, -0.1) is 0 Å². The molecule has 0 heterocycles. The fourth-order valence-corrected chi connectivity index (χ4v) is 6.21. The van der Waals surface area contributed by atoms with E-state index in [4.69, 9.17) is 14.2 Å². The molecule has 6 nitrogen and oxygen atoms in total. The van der Waals surface area contributed by atoms with Gasteiger partial charge in [0.2, 0.25) is 0 Å². The Labute approximate surface area is 374 Å². The molecule has 0 aliphatic carbocycles. The van der Waals surface area contributed by atoms with Crippen molar-refractivity contribution in [2.24, 2.45) is 0 Å². The molecule has 0 aromatic rings. The number of hydrogen-bond acceptors (Lipinski definition) is 6. The third-order valence-corrected chi connectivity index (χ3v) is 9.92. The molecule has 0 radical (unpaired) electrons. The van der Waals surface area contributed by atoms with Crippen molar-refractivity contribution in [2.45, 2.75) is 207 Å². The van der Waals surface area contributed by atoms with Gasteiger partial charge in [0.05, 0.1) is 0 Å². The first-order valence-corrected chi connectivity index (χ1v) is 24.5. The number of unbranched alkanes of at least 4 members (excludes halogenated alkanes) is 19. The summed E-state index contributed by atoms with van der Waals surface area (Å²) in [6.45, 7) is 6.35. The van der Waals surface area contributed by atoms with Crippen LogP contribution in [-0.2, 0) is 28.6 Å². The Morgan fingerprint density at radius 3 is 1.13 bits per heavy atom. The van der Waals surface area contributed by atoms with Gasteiger partial charge in [0, 0.05) is 19.3 Å². The number of allylic oxidation sites excluding steroid dienone is 18. The third kappa shape index (κ3) is 47.0. The van der Waals surface area contributed by atoms with Crippen LogP contribution in [0.5, 0.6) is 0 Å². The van der Waals surface area contributed by atoms with Gasteiger partial charge < -0.3 is 14.2 Å². The Bertz CT molecular complexity index is 1290. The highest BCUT2D eigenvalue weighted by Gasteiger charge is 2.19. The molecule has 0 saturated carbocycles. The van der Waals surface area contributed by atoms with E-state index < -0.39 is 6.10 Å². The predicted octanol–water partition coefficient (Wildman–Crippen LogP) is 16.0. The van der Waals surface area contributed by atoms with Crippen molar-refractivity contribution in [1.29, 1.82) is 0 Å². The maximum atomic E-state index is 12.8. The van der Waals surface area contributed by atoms with Gasteiger partial charge in [0.1, 0.15) is 13.2 Å². The largest absolute Gasteiger partial charge is 0.462 e. The molecule has 0 spiro atoms. The minimum atomic E-state index is -0.815. The molecule has 0 bridgehead atoms. The predicted molar refractivity (Wildman–Crippen MR) is 260 cm³/mol. The average molecular weight is 845 g/mol. The van der Waals surface area contributed by atoms with Crippen LogP contribution in [0.15, 0.2) is 109 Å². The SMILES string of the molecule is CC\C=C/C=C\C=C/C=C\C=C\C=C/CCCCCC(=O)OCC(COC(=O)CCCCCC/C=C\CCCC)OC(=O)CCCCC/C=C\C=C/CCCCCCCCC. The Balaban J connectivity index is 4.54. The van der Waals surface area contributed by atoms with Crippen LogP contribution in [-0.4, -0.2) is 37.2 Å². The number of carbonyl (C=O) groups is 3. The summed E-state index contributed by atoms with van der Waals surface area (Å²) in [4.78, 5) is 37.8. The Kier molecular flexibility index (Phi) is 45.6. The molecule has 6 heteroatoms. The van der Waals surface area contributed by atoms with Crippen molar-refractivity contribution in [3.8, 4) is 0 Å². The Hall–Kier alpha value is -3.93. The number of hydrogen-bond donors (Lipinski definition) is 0. The van der Waals surface area contributed by atoms with Crippen molar-refractivity contribution in [2.75, 3.05) is 13.2 Å². The zero-order valence-corrected chi connectivity index (χ0v) is 39.1. The molecule has 0 aliphatic rings. The van der Waals surface area contributed by atoms with Crippen LogP contribution in [0.3, 0.4) is 0 Å². The summed E-state index contributed by atoms with van der Waals surface area (Å²) < 4.78 is 16.7. The lowest BCUT2D eigenvalue weighted by atomic mass is 10.1. The fourth-order valence-electron chi connectivity index (χ4n) is 6.21. The van der Waals surface area contributed by atoms with Crippen molar-refractivity contribution >= 4 is 17.9 Å². The van der Waals surface area contributed by atoms with E-state index in [-0.39, 0.29) is 37.5 Å². The van der Waals surface area contributed by atoms with Crippen molar-refractivity contribution in [3.63, 3.8) is 0 Å². The minimum absolute atomic E-state index is 0.112. The van der Waals surface area contributed by atoms with E-state index in [0.717, 1.165) is 103 Å². The second-order valence-electron chi connectivity index (χ2n) is 15.8. The molecule has 0 aliphatic heterocycles. The van der Waals surface area contributed by atoms with E-state index in [1.54, 1.807) is 0 Å². The van der Waals surface area contributed by atoms with Gasteiger partial charge in [-0.1, -0.05) is 207 Å². The lowest BCUT2D eigenvalue weighted by Crippen LogP contribution is -2.30. The first-order chi connectivity index (χ1) is 30.0. The first-order valence-electron chi connectivity index (χ1n) is 24.5. The van der Waals surface area contributed by atoms with Gasteiger partial charge in [-0.25, -0.2) is 0 Å². The number of rotatable bonds is 42. The van der Waals surface area contributed by atoms with Crippen molar-refractivity contribution < 1.29 is 28.6 Å². The van der Waals surface area contributed by atoms with Gasteiger partial charge in [0.15, 0.2) is 6.10 Å². The van der Waals surface area contributed by atoms with E-state index in [1.165, 1.54) is 57.8 Å². The van der Waals surface area contributed by atoms with Crippen molar-refractivity contribution in [1.82, 2.24) is 0 Å². The van der Waals surface area contributed by atoms with E-state index in [9.17, 15) is 14.4 Å². The van der Waals surface area contributed by atoms with Gasteiger partial charge in [-0.3, -0.25) is 14.4 Å². The summed E-state index contributed by atoms with van der Waals surface area (Å²) >= 11 is 0. The number of esters is 3. The second kappa shape index (κ2) is 48.7. The van der Waals surface area contributed by atoms with Crippen LogP contribution < -0.4 is 0 Å². The van der Waals surface area contributed by atoms with Gasteiger partial charge in [-0.2, -0.15) is 0 Å². The van der Waals surface area contributed by atoms with Crippen LogP contribution in [0.2, 0.25) is 0 Å². The summed E-state index contributed by atoms with van der Waals surface area (Å²) in [7, 11) is 0. The van der Waals surface area contributed by atoms with Crippen LogP contribution >= 0.6 is 0 Å². The maximum Gasteiger partial charge on any atom is 0.306 e. The number of ether oxygens (including phenoxy) is 3. The van der Waals surface area contributed by atoms with Crippen LogP contribution in [0, 0.1) is 0 Å². The monoisotopic (exact) mass is 845 g/mol. The standard InChI is InChI=1S/C55H88O6/c1-4-7-10-13-16-19-22-24-26-28-30-31-33-36-39-42-45-48-54(57)60-51-52(50-59-53(56)47-44-41-38-35-21-18-15-12-9-6-3)61-55(58)49-46-43-40-37-34-32-29-27-25-23-20-17-14-11-8-5-2/h7,10,13,15-16,18-19,22,24,26-34,52H,4-6,8-9,11-12,14,17,20-21,23,25,35-51H2,1-3H3/b10-7-,16-13-,18-15-,22-19-,26-24-,29-27-,30-28+,33-31-,34-32-. The van der Waals surface area contributed by atoms with E-state index in [0.29, 0.717) is 12.8 Å². The number of carbonyl (C=O) groups excluding carboxylic acids is 3. The quantitative estimate of drug-likeness (QED) is 0.0200. The molecule has 0 N–H and O–H groups in total. The summed E-state index contributed by atoms with van der Waals surface area (Å²) in [5.74, 6) is -1.01. The van der Waals surface area contributed by atoms with Gasteiger partial charge in [-0.05, 0) is 83.5 Å². The highest BCUT2D eigenvalue weighted by molar-refractivity contribution is 5.71.